The van der Waals surface area contributed by atoms with Crippen LogP contribution in [0.1, 0.15) is 42.5 Å². The highest BCUT2D eigenvalue weighted by atomic mass is 16.5. The third-order valence-electron chi connectivity index (χ3n) is 6.98. The van der Waals surface area contributed by atoms with E-state index in [1.54, 1.807) is 0 Å². The van der Waals surface area contributed by atoms with Crippen LogP contribution in [-0.4, -0.2) is 48.4 Å². The summed E-state index contributed by atoms with van der Waals surface area (Å²) in [4.78, 5) is 26.9. The number of piperazine rings is 1. The fraction of sp³-hybridized carbons (Fsp3) is 0.375. The van der Waals surface area contributed by atoms with E-state index in [0.29, 0.717) is 19.3 Å². The standard InChI is InChI=1S/C32H39N3O3/c1-23-13-14-27(31(19-23)38-30-12-8-7-11-28(30)20-24(2)34-25(3)36)15-16-32(37)35-18-17-33-22-29(35)21-26-9-5-4-6-10-26/h4-14,19,24,29,33H,15-18,20-22H2,1-3H3,(H,34,36). The zero-order valence-corrected chi connectivity index (χ0v) is 22.7. The first-order valence-corrected chi connectivity index (χ1v) is 13.6. The van der Waals surface area contributed by atoms with Crippen LogP contribution >= 0.6 is 0 Å². The van der Waals surface area contributed by atoms with E-state index in [0.717, 1.165) is 54.2 Å². The van der Waals surface area contributed by atoms with Crippen LogP contribution in [0.3, 0.4) is 0 Å². The number of benzene rings is 3. The van der Waals surface area contributed by atoms with Gasteiger partial charge in [-0.15, -0.1) is 0 Å². The van der Waals surface area contributed by atoms with Crippen molar-refractivity contribution in [3.63, 3.8) is 0 Å². The number of carbonyl (C=O) groups excluding carboxylic acids is 2. The van der Waals surface area contributed by atoms with E-state index in [1.165, 1.54) is 12.5 Å². The minimum absolute atomic E-state index is 0.00489. The lowest BCUT2D eigenvalue weighted by Crippen LogP contribution is -2.54. The second-order valence-electron chi connectivity index (χ2n) is 10.3. The average Bonchev–Trinajstić information content (AvgIpc) is 2.89. The van der Waals surface area contributed by atoms with Crippen LogP contribution in [-0.2, 0) is 28.9 Å². The highest BCUT2D eigenvalue weighted by Crippen LogP contribution is 2.31. The Morgan fingerprint density at radius 3 is 2.58 bits per heavy atom. The molecule has 3 aromatic rings. The first kappa shape index (κ1) is 27.4. The molecule has 1 saturated heterocycles. The lowest BCUT2D eigenvalue weighted by Gasteiger charge is -2.36. The Labute approximate surface area is 226 Å². The normalized spacial score (nSPS) is 16.1. The predicted molar refractivity (Wildman–Crippen MR) is 152 cm³/mol. The van der Waals surface area contributed by atoms with Gasteiger partial charge in [-0.05, 0) is 67.5 Å². The lowest BCUT2D eigenvalue weighted by atomic mass is 10.0. The number of carbonyl (C=O) groups is 2. The van der Waals surface area contributed by atoms with Gasteiger partial charge in [-0.1, -0.05) is 60.7 Å². The molecular formula is C32H39N3O3. The van der Waals surface area contributed by atoms with Crippen molar-refractivity contribution < 1.29 is 14.3 Å². The lowest BCUT2D eigenvalue weighted by molar-refractivity contribution is -0.134. The number of hydrogen-bond acceptors (Lipinski definition) is 4. The SMILES string of the molecule is CC(=O)NC(C)Cc1ccccc1Oc1cc(C)ccc1CCC(=O)N1CCNCC1Cc1ccccc1. The molecule has 6 nitrogen and oxygen atoms in total. The van der Waals surface area contributed by atoms with Crippen LogP contribution in [0.25, 0.3) is 0 Å². The fourth-order valence-corrected chi connectivity index (χ4v) is 5.12. The van der Waals surface area contributed by atoms with Crippen molar-refractivity contribution in [2.75, 3.05) is 19.6 Å². The number of nitrogens with one attached hydrogen (secondary N) is 2. The van der Waals surface area contributed by atoms with E-state index in [9.17, 15) is 9.59 Å². The van der Waals surface area contributed by atoms with Crippen molar-refractivity contribution >= 4 is 11.8 Å². The summed E-state index contributed by atoms with van der Waals surface area (Å²) in [6, 6.07) is 24.6. The van der Waals surface area contributed by atoms with Crippen LogP contribution in [0.15, 0.2) is 72.8 Å². The summed E-state index contributed by atoms with van der Waals surface area (Å²) in [6.45, 7) is 7.93. The number of para-hydroxylation sites is 1. The Morgan fingerprint density at radius 2 is 1.79 bits per heavy atom. The molecule has 200 valence electrons. The third kappa shape index (κ3) is 7.68. The first-order valence-electron chi connectivity index (χ1n) is 13.6. The zero-order valence-electron chi connectivity index (χ0n) is 22.7. The molecule has 0 spiro atoms. The first-order chi connectivity index (χ1) is 18.4. The van der Waals surface area contributed by atoms with Crippen molar-refractivity contribution in [1.82, 2.24) is 15.5 Å². The van der Waals surface area contributed by atoms with E-state index in [4.69, 9.17) is 4.74 Å². The maximum absolute atomic E-state index is 13.4. The molecule has 1 fully saturated rings. The van der Waals surface area contributed by atoms with Crippen molar-refractivity contribution in [3.05, 3.63) is 95.1 Å². The molecule has 0 bridgehead atoms. The van der Waals surface area contributed by atoms with Crippen LogP contribution in [0.5, 0.6) is 11.5 Å². The Bertz CT molecular complexity index is 1230. The van der Waals surface area contributed by atoms with Crippen LogP contribution in [0, 0.1) is 6.92 Å². The van der Waals surface area contributed by atoms with Gasteiger partial charge in [0.25, 0.3) is 0 Å². The Morgan fingerprint density at radius 1 is 1.03 bits per heavy atom. The molecule has 1 heterocycles. The van der Waals surface area contributed by atoms with Crippen molar-refractivity contribution in [2.24, 2.45) is 0 Å². The highest BCUT2D eigenvalue weighted by Gasteiger charge is 2.26. The largest absolute Gasteiger partial charge is 0.457 e. The molecule has 1 aliphatic rings. The molecule has 2 amide bonds. The minimum Gasteiger partial charge on any atom is -0.457 e. The third-order valence-corrected chi connectivity index (χ3v) is 6.98. The molecule has 2 atom stereocenters. The number of ether oxygens (including phenoxy) is 1. The highest BCUT2D eigenvalue weighted by molar-refractivity contribution is 5.77. The van der Waals surface area contributed by atoms with Gasteiger partial charge < -0.3 is 20.3 Å². The summed E-state index contributed by atoms with van der Waals surface area (Å²) < 4.78 is 6.46. The number of nitrogens with zero attached hydrogens (tertiary/aromatic N) is 1. The maximum Gasteiger partial charge on any atom is 0.223 e. The van der Waals surface area contributed by atoms with Gasteiger partial charge in [0.15, 0.2) is 0 Å². The van der Waals surface area contributed by atoms with E-state index in [2.05, 4.69) is 51.9 Å². The number of hydrogen-bond donors (Lipinski definition) is 2. The van der Waals surface area contributed by atoms with E-state index in [1.807, 2.05) is 50.2 Å². The van der Waals surface area contributed by atoms with Gasteiger partial charge in [0.05, 0.1) is 0 Å². The zero-order chi connectivity index (χ0) is 26.9. The van der Waals surface area contributed by atoms with E-state index >= 15 is 0 Å². The second-order valence-corrected chi connectivity index (χ2v) is 10.3. The topological polar surface area (TPSA) is 70.7 Å². The second kappa shape index (κ2) is 13.2. The van der Waals surface area contributed by atoms with Gasteiger partial charge in [-0.3, -0.25) is 9.59 Å². The molecular weight excluding hydrogens is 474 g/mol. The molecule has 3 aromatic carbocycles. The van der Waals surface area contributed by atoms with Crippen molar-refractivity contribution in [3.8, 4) is 11.5 Å². The van der Waals surface area contributed by atoms with Gasteiger partial charge in [0.1, 0.15) is 11.5 Å². The summed E-state index contributed by atoms with van der Waals surface area (Å²) in [7, 11) is 0. The monoisotopic (exact) mass is 513 g/mol. The quantitative estimate of drug-likeness (QED) is 0.407. The molecule has 0 radical (unpaired) electrons. The summed E-state index contributed by atoms with van der Waals surface area (Å²) in [5.41, 5.74) is 4.40. The minimum atomic E-state index is -0.0444. The van der Waals surface area contributed by atoms with Crippen LogP contribution < -0.4 is 15.4 Å². The molecule has 2 unspecified atom stereocenters. The predicted octanol–water partition coefficient (Wildman–Crippen LogP) is 4.83. The Kier molecular flexibility index (Phi) is 9.55. The number of rotatable bonds is 10. The van der Waals surface area contributed by atoms with E-state index in [-0.39, 0.29) is 23.9 Å². The number of amides is 2. The van der Waals surface area contributed by atoms with Gasteiger partial charge in [-0.2, -0.15) is 0 Å². The van der Waals surface area contributed by atoms with Gasteiger partial charge >= 0.3 is 0 Å². The molecule has 1 aliphatic heterocycles. The molecule has 38 heavy (non-hydrogen) atoms. The van der Waals surface area contributed by atoms with Crippen LogP contribution in [0.2, 0.25) is 0 Å². The maximum atomic E-state index is 13.4. The van der Waals surface area contributed by atoms with Crippen LogP contribution in [0.4, 0.5) is 0 Å². The van der Waals surface area contributed by atoms with Crippen molar-refractivity contribution in [2.45, 2.75) is 58.5 Å². The summed E-state index contributed by atoms with van der Waals surface area (Å²) >= 11 is 0. The fourth-order valence-electron chi connectivity index (χ4n) is 5.12. The number of aryl methyl sites for hydroxylation is 2. The molecule has 6 heteroatoms. The van der Waals surface area contributed by atoms with E-state index < -0.39 is 0 Å². The molecule has 4 rings (SSSR count). The molecule has 2 N–H and O–H groups in total. The van der Waals surface area contributed by atoms with Crippen molar-refractivity contribution in [1.29, 1.82) is 0 Å². The summed E-state index contributed by atoms with van der Waals surface area (Å²) in [6.07, 6.45) is 2.57. The smallest absolute Gasteiger partial charge is 0.223 e. The molecule has 0 aliphatic carbocycles. The summed E-state index contributed by atoms with van der Waals surface area (Å²) in [5.74, 6) is 1.69. The van der Waals surface area contributed by atoms with Gasteiger partial charge in [-0.25, -0.2) is 0 Å². The summed E-state index contributed by atoms with van der Waals surface area (Å²) in [5, 5.41) is 6.39. The van der Waals surface area contributed by atoms with Gasteiger partial charge in [0.2, 0.25) is 11.8 Å². The van der Waals surface area contributed by atoms with Gasteiger partial charge in [0, 0.05) is 45.1 Å². The molecule has 0 aromatic heterocycles. The Hall–Kier alpha value is -3.64. The Balaban J connectivity index is 1.45. The molecule has 0 saturated carbocycles. The average molecular weight is 514 g/mol.